The first-order chi connectivity index (χ1) is 20.2. The van der Waals surface area contributed by atoms with Crippen LogP contribution >= 0.6 is 22.7 Å². The van der Waals surface area contributed by atoms with Gasteiger partial charge in [0.1, 0.15) is 10.0 Å². The van der Waals surface area contributed by atoms with Crippen LogP contribution in [0.2, 0.25) is 0 Å². The second-order valence-corrected chi connectivity index (χ2v) is 11.8. The average Bonchev–Trinajstić information content (AvgIpc) is 3.63. The molecule has 2 aromatic heterocycles. The van der Waals surface area contributed by atoms with Crippen molar-refractivity contribution >= 4 is 56.1 Å². The number of nitro groups is 2. The maximum atomic E-state index is 12.5. The number of hydrogen-bond donors (Lipinski definition) is 2. The van der Waals surface area contributed by atoms with Gasteiger partial charge < -0.3 is 10.6 Å². The van der Waals surface area contributed by atoms with Crippen LogP contribution in [0.15, 0.2) is 48.5 Å². The van der Waals surface area contributed by atoms with Crippen molar-refractivity contribution in [1.29, 1.82) is 0 Å². The molecule has 14 nitrogen and oxygen atoms in total. The monoisotopic (exact) mass is 608 g/mol. The summed E-state index contributed by atoms with van der Waals surface area (Å²) >= 11 is 2.66. The van der Waals surface area contributed by atoms with Gasteiger partial charge in [0, 0.05) is 36.1 Å². The van der Waals surface area contributed by atoms with Gasteiger partial charge in [-0.15, -0.1) is 20.4 Å². The summed E-state index contributed by atoms with van der Waals surface area (Å²) in [5.74, 6) is -0.286. The molecule has 1 saturated carbocycles. The van der Waals surface area contributed by atoms with Gasteiger partial charge >= 0.3 is 0 Å². The lowest BCUT2D eigenvalue weighted by Gasteiger charge is -2.25. The zero-order valence-electron chi connectivity index (χ0n) is 22.0. The quantitative estimate of drug-likeness (QED) is 0.182. The fourth-order valence-electron chi connectivity index (χ4n) is 4.71. The van der Waals surface area contributed by atoms with Crippen molar-refractivity contribution in [2.45, 2.75) is 50.4 Å². The van der Waals surface area contributed by atoms with E-state index in [0.29, 0.717) is 21.4 Å². The zero-order chi connectivity index (χ0) is 29.6. The summed E-state index contributed by atoms with van der Waals surface area (Å²) in [6, 6.07) is 11.7. The van der Waals surface area contributed by atoms with Gasteiger partial charge in [-0.2, -0.15) is 0 Å². The average molecular weight is 609 g/mol. The molecular weight excluding hydrogens is 584 g/mol. The molecule has 216 valence electrons. The Balaban J connectivity index is 1.13. The molecule has 4 aromatic rings. The summed E-state index contributed by atoms with van der Waals surface area (Å²) in [6.45, 7) is 0. The molecule has 2 N–H and O–H groups in total. The molecule has 0 spiro atoms. The third-order valence-corrected chi connectivity index (χ3v) is 8.77. The van der Waals surface area contributed by atoms with Gasteiger partial charge in [-0.25, -0.2) is 0 Å². The van der Waals surface area contributed by atoms with E-state index in [-0.39, 0.29) is 47.9 Å². The molecule has 0 saturated heterocycles. The zero-order valence-corrected chi connectivity index (χ0v) is 23.6. The molecule has 0 unspecified atom stereocenters. The molecule has 0 bridgehead atoms. The van der Waals surface area contributed by atoms with Gasteiger partial charge in [0.15, 0.2) is 0 Å². The summed E-state index contributed by atoms with van der Waals surface area (Å²) in [7, 11) is 0. The van der Waals surface area contributed by atoms with E-state index in [9.17, 15) is 29.8 Å². The highest BCUT2D eigenvalue weighted by Crippen LogP contribution is 2.43. The standard InChI is InChI=1S/C26H24N8O6S2/c35-21(12-15-4-8-19(9-5-15)33(37)38)27-25-31-29-23(41-25)17-2-1-3-18(14-17)24-30-32-26(42-24)28-22(36)13-16-6-10-20(11-7-16)34(39)40/h4-11,17-18H,1-3,12-14H2,(H,27,31,35)(H,28,32,36)/t17-,18-/m1/s1. The molecule has 2 heterocycles. The van der Waals surface area contributed by atoms with E-state index >= 15 is 0 Å². The van der Waals surface area contributed by atoms with Gasteiger partial charge in [-0.05, 0) is 30.4 Å². The lowest BCUT2D eigenvalue weighted by molar-refractivity contribution is -0.385. The van der Waals surface area contributed by atoms with Gasteiger partial charge in [0.2, 0.25) is 22.1 Å². The number of aromatic nitrogens is 4. The molecule has 5 rings (SSSR count). The third-order valence-electron chi connectivity index (χ3n) is 6.77. The fourth-order valence-corrected chi connectivity index (χ4v) is 6.52. The van der Waals surface area contributed by atoms with Crippen LogP contribution in [-0.4, -0.2) is 42.1 Å². The number of rotatable bonds is 10. The van der Waals surface area contributed by atoms with Crippen LogP contribution in [0.4, 0.5) is 21.6 Å². The number of non-ortho nitro benzene ring substituents is 2. The lowest BCUT2D eigenvalue weighted by atomic mass is 9.82. The van der Waals surface area contributed by atoms with Crippen molar-refractivity contribution in [3.05, 3.63) is 89.9 Å². The molecule has 0 radical (unpaired) electrons. The van der Waals surface area contributed by atoms with Crippen LogP contribution in [-0.2, 0) is 22.4 Å². The minimum absolute atomic E-state index is 0.0344. The highest BCUT2D eigenvalue weighted by atomic mass is 32.1. The van der Waals surface area contributed by atoms with E-state index in [2.05, 4.69) is 31.0 Å². The van der Waals surface area contributed by atoms with E-state index in [1.54, 1.807) is 24.3 Å². The molecule has 1 aliphatic rings. The SMILES string of the molecule is O=C(Cc1ccc([N+](=O)[O-])cc1)Nc1nnc([C@@H]2CCC[C@@H](c3nnc(NC(=O)Cc4ccc([N+](=O)[O-])cc4)s3)C2)s1. The molecule has 2 atom stereocenters. The van der Waals surface area contributed by atoms with Gasteiger partial charge in [-0.3, -0.25) is 29.8 Å². The van der Waals surface area contributed by atoms with Crippen LogP contribution in [0.25, 0.3) is 0 Å². The van der Waals surface area contributed by atoms with E-state index in [1.807, 2.05) is 0 Å². The highest BCUT2D eigenvalue weighted by molar-refractivity contribution is 7.15. The number of anilines is 2. The van der Waals surface area contributed by atoms with Crippen LogP contribution < -0.4 is 10.6 Å². The van der Waals surface area contributed by atoms with Gasteiger partial charge in [0.05, 0.1) is 22.7 Å². The Hall–Kier alpha value is -4.70. The van der Waals surface area contributed by atoms with E-state index < -0.39 is 9.85 Å². The van der Waals surface area contributed by atoms with Crippen molar-refractivity contribution in [3.8, 4) is 0 Å². The number of hydrogen-bond acceptors (Lipinski definition) is 12. The summed E-state index contributed by atoms with van der Waals surface area (Å²) < 4.78 is 0. The maximum Gasteiger partial charge on any atom is 0.269 e. The minimum atomic E-state index is -0.489. The smallest absolute Gasteiger partial charge is 0.269 e. The molecule has 1 aliphatic carbocycles. The van der Waals surface area contributed by atoms with Crippen molar-refractivity contribution in [3.63, 3.8) is 0 Å². The first kappa shape index (κ1) is 28.8. The van der Waals surface area contributed by atoms with Gasteiger partial charge in [-0.1, -0.05) is 53.4 Å². The van der Waals surface area contributed by atoms with Crippen LogP contribution in [0.1, 0.15) is 58.7 Å². The number of nitrogens with one attached hydrogen (secondary N) is 2. The number of nitro benzene ring substituents is 2. The summed E-state index contributed by atoms with van der Waals surface area (Å²) in [5.41, 5.74) is 1.23. The van der Waals surface area contributed by atoms with Crippen molar-refractivity contribution in [2.75, 3.05) is 10.6 Å². The molecule has 0 aliphatic heterocycles. The highest BCUT2D eigenvalue weighted by Gasteiger charge is 2.29. The van der Waals surface area contributed by atoms with Crippen LogP contribution in [0.5, 0.6) is 0 Å². The lowest BCUT2D eigenvalue weighted by Crippen LogP contribution is -2.14. The number of carbonyl (C=O) groups excluding carboxylic acids is 2. The molecular formula is C26H24N8O6S2. The van der Waals surface area contributed by atoms with E-state index in [0.717, 1.165) is 35.7 Å². The Bertz CT molecular complexity index is 1490. The molecule has 42 heavy (non-hydrogen) atoms. The molecule has 1 fully saturated rings. The predicted molar refractivity (Wildman–Crippen MR) is 155 cm³/mol. The third kappa shape index (κ3) is 7.32. The molecule has 2 amide bonds. The van der Waals surface area contributed by atoms with Crippen molar-refractivity contribution in [2.24, 2.45) is 0 Å². The first-order valence-corrected chi connectivity index (χ1v) is 14.6. The van der Waals surface area contributed by atoms with Gasteiger partial charge in [0.25, 0.3) is 11.4 Å². The second kappa shape index (κ2) is 12.9. The Morgan fingerprint density at radius 2 is 1.12 bits per heavy atom. The molecule has 2 aromatic carbocycles. The molecule has 16 heteroatoms. The van der Waals surface area contributed by atoms with Crippen molar-refractivity contribution in [1.82, 2.24) is 20.4 Å². The Morgan fingerprint density at radius 3 is 1.50 bits per heavy atom. The predicted octanol–water partition coefficient (Wildman–Crippen LogP) is 5.01. The first-order valence-electron chi connectivity index (χ1n) is 13.0. The Labute approximate surface area is 246 Å². The fraction of sp³-hybridized carbons (Fsp3) is 0.308. The van der Waals surface area contributed by atoms with E-state index in [1.165, 1.54) is 46.9 Å². The second-order valence-electron chi connectivity index (χ2n) is 9.75. The minimum Gasteiger partial charge on any atom is -0.300 e. The maximum absolute atomic E-state index is 12.5. The number of amides is 2. The summed E-state index contributed by atoms with van der Waals surface area (Å²) in [6.07, 6.45) is 3.72. The summed E-state index contributed by atoms with van der Waals surface area (Å²) in [5, 5.41) is 46.5. The van der Waals surface area contributed by atoms with Crippen LogP contribution in [0, 0.1) is 20.2 Å². The number of benzene rings is 2. The Kier molecular flexibility index (Phi) is 8.83. The normalized spacial score (nSPS) is 16.5. The number of nitrogens with zero attached hydrogens (tertiary/aromatic N) is 6. The van der Waals surface area contributed by atoms with E-state index in [4.69, 9.17) is 0 Å². The number of carbonyl (C=O) groups is 2. The largest absolute Gasteiger partial charge is 0.300 e. The Morgan fingerprint density at radius 1 is 0.714 bits per heavy atom. The summed E-state index contributed by atoms with van der Waals surface area (Å²) in [4.78, 5) is 45.6. The van der Waals surface area contributed by atoms with Crippen LogP contribution in [0.3, 0.4) is 0 Å². The van der Waals surface area contributed by atoms with Crippen molar-refractivity contribution < 1.29 is 19.4 Å². The topological polar surface area (TPSA) is 196 Å².